The molecule has 1 aromatic carbocycles. The zero-order valence-electron chi connectivity index (χ0n) is 9.93. The molecule has 0 fully saturated rings. The van der Waals surface area contributed by atoms with Gasteiger partial charge in [-0.1, -0.05) is 24.3 Å². The maximum atomic E-state index is 10.3. The maximum absolute atomic E-state index is 10.3. The Morgan fingerprint density at radius 1 is 1.39 bits per heavy atom. The van der Waals surface area contributed by atoms with Gasteiger partial charge in [-0.15, -0.1) is 11.3 Å². The number of nitrogens with one attached hydrogen (secondary N) is 1. The van der Waals surface area contributed by atoms with Crippen molar-refractivity contribution in [1.82, 2.24) is 5.32 Å². The fraction of sp³-hybridized carbons (Fsp3) is 0.214. The van der Waals surface area contributed by atoms with Gasteiger partial charge in [-0.05, 0) is 35.4 Å². The van der Waals surface area contributed by atoms with Crippen LogP contribution in [0.25, 0.3) is 10.1 Å². The van der Waals surface area contributed by atoms with E-state index in [1.54, 1.807) is 17.4 Å². The van der Waals surface area contributed by atoms with Gasteiger partial charge in [-0.25, -0.2) is 4.79 Å². The molecule has 94 valence electrons. The predicted octanol–water partition coefficient (Wildman–Crippen LogP) is 2.67. The molecule has 1 aromatic heterocycles. The number of carboxylic acids is 1. The Morgan fingerprint density at radius 2 is 2.22 bits per heavy atom. The Morgan fingerprint density at radius 3 is 3.06 bits per heavy atom. The van der Waals surface area contributed by atoms with Crippen LogP contribution in [0.1, 0.15) is 5.56 Å². The van der Waals surface area contributed by atoms with Crippen LogP contribution in [0.5, 0.6) is 0 Å². The highest BCUT2D eigenvalue weighted by Crippen LogP contribution is 2.25. The zero-order chi connectivity index (χ0) is 12.8. The van der Waals surface area contributed by atoms with Crippen LogP contribution in [-0.2, 0) is 11.2 Å². The minimum Gasteiger partial charge on any atom is -0.478 e. The van der Waals surface area contributed by atoms with Gasteiger partial charge in [0, 0.05) is 17.3 Å². The molecule has 18 heavy (non-hydrogen) atoms. The van der Waals surface area contributed by atoms with Gasteiger partial charge >= 0.3 is 5.97 Å². The summed E-state index contributed by atoms with van der Waals surface area (Å²) in [5, 5.41) is 15.1. The van der Waals surface area contributed by atoms with E-state index in [1.807, 2.05) is 0 Å². The molecule has 0 aliphatic rings. The SMILES string of the molecule is O=C(O)/C=C/CNCCc1csc2ccccc12. The van der Waals surface area contributed by atoms with Gasteiger partial charge in [0.05, 0.1) is 0 Å². The summed E-state index contributed by atoms with van der Waals surface area (Å²) in [5.41, 5.74) is 1.35. The van der Waals surface area contributed by atoms with E-state index in [9.17, 15) is 4.79 Å². The highest BCUT2D eigenvalue weighted by atomic mass is 32.1. The second-order valence-electron chi connectivity index (χ2n) is 3.95. The number of hydrogen-bond donors (Lipinski definition) is 2. The minimum absolute atomic E-state index is 0.592. The number of thiophene rings is 1. The molecule has 4 heteroatoms. The first kappa shape index (κ1) is 12.8. The third kappa shape index (κ3) is 3.42. The first-order valence-corrected chi connectivity index (χ1v) is 6.70. The molecule has 1 heterocycles. The Labute approximate surface area is 110 Å². The molecule has 2 rings (SSSR count). The van der Waals surface area contributed by atoms with Crippen molar-refractivity contribution in [1.29, 1.82) is 0 Å². The molecule has 0 unspecified atom stereocenters. The summed E-state index contributed by atoms with van der Waals surface area (Å²) in [6.07, 6.45) is 3.74. The van der Waals surface area contributed by atoms with Crippen molar-refractivity contribution in [2.24, 2.45) is 0 Å². The molecule has 2 aromatic rings. The van der Waals surface area contributed by atoms with Crippen LogP contribution in [0, 0.1) is 0 Å². The van der Waals surface area contributed by atoms with E-state index in [0.29, 0.717) is 6.54 Å². The quantitative estimate of drug-likeness (QED) is 0.621. The average Bonchev–Trinajstić information content (AvgIpc) is 2.77. The molecule has 0 spiro atoms. The third-order valence-electron chi connectivity index (χ3n) is 2.65. The average molecular weight is 261 g/mol. The monoisotopic (exact) mass is 261 g/mol. The third-order valence-corrected chi connectivity index (χ3v) is 3.67. The fourth-order valence-corrected chi connectivity index (χ4v) is 2.79. The summed E-state index contributed by atoms with van der Waals surface area (Å²) in [4.78, 5) is 10.3. The second kappa shape index (κ2) is 6.33. The van der Waals surface area contributed by atoms with Crippen LogP contribution >= 0.6 is 11.3 Å². The lowest BCUT2D eigenvalue weighted by Gasteiger charge is -2.01. The zero-order valence-corrected chi connectivity index (χ0v) is 10.7. The number of aliphatic carboxylic acids is 1. The Bertz CT molecular complexity index is 560. The number of fused-ring (bicyclic) bond motifs is 1. The van der Waals surface area contributed by atoms with Crippen LogP contribution in [0.15, 0.2) is 41.8 Å². The number of rotatable bonds is 6. The number of carboxylic acid groups (broad SMARTS) is 1. The summed E-state index contributed by atoms with van der Waals surface area (Å²) in [7, 11) is 0. The normalized spacial score (nSPS) is 11.3. The first-order chi connectivity index (χ1) is 8.77. The van der Waals surface area contributed by atoms with Crippen molar-refractivity contribution in [3.8, 4) is 0 Å². The van der Waals surface area contributed by atoms with Gasteiger partial charge in [-0.2, -0.15) is 0 Å². The molecule has 0 atom stereocenters. The molecule has 0 aliphatic carbocycles. The van der Waals surface area contributed by atoms with E-state index in [4.69, 9.17) is 5.11 Å². The molecular weight excluding hydrogens is 246 g/mol. The highest BCUT2D eigenvalue weighted by Gasteiger charge is 2.01. The summed E-state index contributed by atoms with van der Waals surface area (Å²) in [5.74, 6) is -0.902. The lowest BCUT2D eigenvalue weighted by atomic mass is 10.1. The summed E-state index contributed by atoms with van der Waals surface area (Å²) < 4.78 is 1.32. The van der Waals surface area contributed by atoms with Crippen molar-refractivity contribution >= 4 is 27.4 Å². The molecule has 0 radical (unpaired) electrons. The first-order valence-electron chi connectivity index (χ1n) is 5.82. The summed E-state index contributed by atoms with van der Waals surface area (Å²) >= 11 is 1.77. The van der Waals surface area contributed by atoms with Gasteiger partial charge in [0.15, 0.2) is 0 Å². The summed E-state index contributed by atoms with van der Waals surface area (Å²) in [6, 6.07) is 8.39. The molecule has 0 bridgehead atoms. The lowest BCUT2D eigenvalue weighted by molar-refractivity contribution is -0.131. The topological polar surface area (TPSA) is 49.3 Å². The predicted molar refractivity (Wildman–Crippen MR) is 75.2 cm³/mol. The van der Waals surface area contributed by atoms with Crippen molar-refractivity contribution in [2.75, 3.05) is 13.1 Å². The number of hydrogen-bond acceptors (Lipinski definition) is 3. The second-order valence-corrected chi connectivity index (χ2v) is 4.86. The summed E-state index contributed by atoms with van der Waals surface area (Å²) in [6.45, 7) is 1.44. The van der Waals surface area contributed by atoms with Crippen molar-refractivity contribution in [2.45, 2.75) is 6.42 Å². The Balaban J connectivity index is 1.82. The van der Waals surface area contributed by atoms with E-state index >= 15 is 0 Å². The van der Waals surface area contributed by atoms with E-state index in [-0.39, 0.29) is 0 Å². The van der Waals surface area contributed by atoms with Gasteiger partial charge < -0.3 is 10.4 Å². The van der Waals surface area contributed by atoms with Crippen LogP contribution < -0.4 is 5.32 Å². The van der Waals surface area contributed by atoms with Crippen LogP contribution in [0.2, 0.25) is 0 Å². The molecule has 3 nitrogen and oxygen atoms in total. The molecular formula is C14H15NO2S. The molecule has 0 aliphatic heterocycles. The maximum Gasteiger partial charge on any atom is 0.328 e. The van der Waals surface area contributed by atoms with Gasteiger partial charge in [0.1, 0.15) is 0 Å². The number of carbonyl (C=O) groups is 1. The molecule has 2 N–H and O–H groups in total. The molecule has 0 amide bonds. The lowest BCUT2D eigenvalue weighted by Crippen LogP contribution is -2.17. The Hall–Kier alpha value is -1.65. The van der Waals surface area contributed by atoms with Crippen LogP contribution in [0.4, 0.5) is 0 Å². The molecule has 0 saturated heterocycles. The highest BCUT2D eigenvalue weighted by molar-refractivity contribution is 7.17. The van der Waals surface area contributed by atoms with Gasteiger partial charge in [-0.3, -0.25) is 0 Å². The van der Waals surface area contributed by atoms with Gasteiger partial charge in [0.2, 0.25) is 0 Å². The fourth-order valence-electron chi connectivity index (χ4n) is 1.79. The van der Waals surface area contributed by atoms with Gasteiger partial charge in [0.25, 0.3) is 0 Å². The largest absolute Gasteiger partial charge is 0.478 e. The smallest absolute Gasteiger partial charge is 0.328 e. The van der Waals surface area contributed by atoms with Crippen LogP contribution in [-0.4, -0.2) is 24.2 Å². The Kier molecular flexibility index (Phi) is 4.50. The van der Waals surface area contributed by atoms with E-state index < -0.39 is 5.97 Å². The van der Waals surface area contributed by atoms with Crippen molar-refractivity contribution in [3.63, 3.8) is 0 Å². The standard InChI is InChI=1S/C14H15NO2S/c16-14(17)6-3-8-15-9-7-11-10-18-13-5-2-1-4-12(11)13/h1-6,10,15H,7-9H2,(H,16,17)/b6-3+. The number of benzene rings is 1. The van der Waals surface area contributed by atoms with E-state index in [1.165, 1.54) is 15.6 Å². The van der Waals surface area contributed by atoms with Crippen molar-refractivity contribution in [3.05, 3.63) is 47.4 Å². The molecule has 0 saturated carbocycles. The van der Waals surface area contributed by atoms with E-state index in [0.717, 1.165) is 19.0 Å². The van der Waals surface area contributed by atoms with E-state index in [2.05, 4.69) is 35.0 Å². The van der Waals surface area contributed by atoms with Crippen molar-refractivity contribution < 1.29 is 9.90 Å². The minimum atomic E-state index is -0.902. The van der Waals surface area contributed by atoms with Crippen LogP contribution in [0.3, 0.4) is 0 Å².